The molecule has 0 amide bonds. The molecule has 0 aliphatic rings. The molecule has 0 unspecified atom stereocenters. The van der Waals surface area contributed by atoms with E-state index >= 15 is 0 Å². The van der Waals surface area contributed by atoms with Crippen LogP contribution in [0.3, 0.4) is 0 Å². The first-order valence-corrected chi connectivity index (χ1v) is 7.65. The van der Waals surface area contributed by atoms with Crippen molar-refractivity contribution >= 4 is 23.7 Å². The number of aromatic nitrogens is 3. The van der Waals surface area contributed by atoms with Crippen LogP contribution in [0.1, 0.15) is 20.3 Å². The van der Waals surface area contributed by atoms with Crippen molar-refractivity contribution in [2.45, 2.75) is 32.0 Å². The number of anilines is 1. The molecular formula is C12H22N4O3S. The van der Waals surface area contributed by atoms with E-state index in [0.717, 1.165) is 25.5 Å². The molecule has 0 saturated heterocycles. The number of hydrogen-bond acceptors (Lipinski definition) is 6. The quantitative estimate of drug-likeness (QED) is 0.516. The first kappa shape index (κ1) is 16.8. The zero-order chi connectivity index (χ0) is 15.0. The lowest BCUT2D eigenvalue weighted by atomic mass is 10.5. The Hall–Kier alpha value is -1.28. The smallest absolute Gasteiger partial charge is 0.313 e. The van der Waals surface area contributed by atoms with Crippen molar-refractivity contribution < 1.29 is 14.6 Å². The second-order valence-electron chi connectivity index (χ2n) is 4.24. The summed E-state index contributed by atoms with van der Waals surface area (Å²) in [6.07, 6.45) is 0.935. The molecule has 0 bridgehead atoms. The van der Waals surface area contributed by atoms with Gasteiger partial charge >= 0.3 is 5.97 Å². The van der Waals surface area contributed by atoms with Gasteiger partial charge in [0, 0.05) is 26.7 Å². The van der Waals surface area contributed by atoms with Gasteiger partial charge in [0.1, 0.15) is 0 Å². The van der Waals surface area contributed by atoms with Crippen LogP contribution < -0.4 is 4.90 Å². The van der Waals surface area contributed by atoms with E-state index in [4.69, 9.17) is 9.84 Å². The predicted octanol–water partition coefficient (Wildman–Crippen LogP) is 1.34. The molecule has 0 aliphatic carbocycles. The van der Waals surface area contributed by atoms with Crippen molar-refractivity contribution in [3.05, 3.63) is 0 Å². The van der Waals surface area contributed by atoms with Gasteiger partial charge < -0.3 is 14.7 Å². The Morgan fingerprint density at radius 2 is 2.20 bits per heavy atom. The van der Waals surface area contributed by atoms with Gasteiger partial charge in [0.2, 0.25) is 5.95 Å². The summed E-state index contributed by atoms with van der Waals surface area (Å²) in [5.41, 5.74) is 0. The van der Waals surface area contributed by atoms with Crippen LogP contribution in [-0.4, -0.2) is 58.4 Å². The Bertz CT molecular complexity index is 425. The van der Waals surface area contributed by atoms with Crippen molar-refractivity contribution in [2.24, 2.45) is 0 Å². The third-order valence-corrected chi connectivity index (χ3v) is 3.54. The van der Waals surface area contributed by atoms with Crippen LogP contribution in [0, 0.1) is 0 Å². The van der Waals surface area contributed by atoms with E-state index in [1.807, 2.05) is 23.4 Å². The highest BCUT2D eigenvalue weighted by atomic mass is 32.2. The molecule has 114 valence electrons. The van der Waals surface area contributed by atoms with Crippen LogP contribution in [0.25, 0.3) is 0 Å². The second kappa shape index (κ2) is 8.80. The van der Waals surface area contributed by atoms with Crippen molar-refractivity contribution in [1.29, 1.82) is 0 Å². The number of carbonyl (C=O) groups is 1. The van der Waals surface area contributed by atoms with E-state index in [9.17, 15) is 4.79 Å². The fourth-order valence-electron chi connectivity index (χ4n) is 1.66. The minimum atomic E-state index is -0.854. The summed E-state index contributed by atoms with van der Waals surface area (Å²) in [4.78, 5) is 12.6. The third kappa shape index (κ3) is 5.01. The summed E-state index contributed by atoms with van der Waals surface area (Å²) in [6.45, 7) is 6.83. The second-order valence-corrected chi connectivity index (χ2v) is 5.18. The molecule has 0 aromatic carbocycles. The fourth-order valence-corrected chi connectivity index (χ4v) is 2.34. The Kier molecular flexibility index (Phi) is 7.38. The van der Waals surface area contributed by atoms with Crippen molar-refractivity contribution in [1.82, 2.24) is 14.8 Å². The zero-order valence-electron chi connectivity index (χ0n) is 12.2. The van der Waals surface area contributed by atoms with Crippen LogP contribution in [0.5, 0.6) is 0 Å². The fraction of sp³-hybridized carbons (Fsp3) is 0.750. The molecular weight excluding hydrogens is 280 g/mol. The maximum Gasteiger partial charge on any atom is 0.313 e. The summed E-state index contributed by atoms with van der Waals surface area (Å²) in [5.74, 6) is -0.114. The highest BCUT2D eigenvalue weighted by molar-refractivity contribution is 7.99. The topological polar surface area (TPSA) is 80.5 Å². The SMILES string of the molecule is CCCn1c(SCC(=O)O)nnc1N(C)CCOCC. The van der Waals surface area contributed by atoms with E-state index in [-0.39, 0.29) is 5.75 Å². The number of carboxylic acid groups (broad SMARTS) is 1. The molecule has 0 atom stereocenters. The highest BCUT2D eigenvalue weighted by Crippen LogP contribution is 2.21. The number of thioether (sulfide) groups is 1. The monoisotopic (exact) mass is 302 g/mol. The standard InChI is InChI=1S/C12H22N4O3S/c1-4-6-16-11(15(3)7-8-19-5-2)13-14-12(16)20-9-10(17)18/h4-9H2,1-3H3,(H,17,18). The normalized spacial score (nSPS) is 10.8. The maximum atomic E-state index is 10.7. The minimum absolute atomic E-state index is 0.00942. The van der Waals surface area contributed by atoms with Crippen LogP contribution in [0.4, 0.5) is 5.95 Å². The molecule has 1 aromatic rings. The molecule has 8 heteroatoms. The van der Waals surface area contributed by atoms with Gasteiger partial charge in [-0.05, 0) is 13.3 Å². The number of nitrogens with zero attached hydrogens (tertiary/aromatic N) is 4. The lowest BCUT2D eigenvalue weighted by molar-refractivity contribution is -0.133. The largest absolute Gasteiger partial charge is 0.481 e. The molecule has 0 aliphatic heterocycles. The Morgan fingerprint density at radius 1 is 1.45 bits per heavy atom. The molecule has 0 radical (unpaired) electrons. The molecule has 0 spiro atoms. The van der Waals surface area contributed by atoms with E-state index < -0.39 is 5.97 Å². The van der Waals surface area contributed by atoms with Crippen molar-refractivity contribution in [3.8, 4) is 0 Å². The number of hydrogen-bond donors (Lipinski definition) is 1. The molecule has 1 aromatic heterocycles. The van der Waals surface area contributed by atoms with Gasteiger partial charge in [0.05, 0.1) is 12.4 Å². The average Bonchev–Trinajstić information content (AvgIpc) is 2.80. The molecule has 1 rings (SSSR count). The van der Waals surface area contributed by atoms with Crippen LogP contribution in [0.15, 0.2) is 5.16 Å². The molecule has 0 fully saturated rings. The van der Waals surface area contributed by atoms with Gasteiger partial charge in [-0.1, -0.05) is 18.7 Å². The minimum Gasteiger partial charge on any atom is -0.481 e. The lowest BCUT2D eigenvalue weighted by Gasteiger charge is -2.19. The van der Waals surface area contributed by atoms with Gasteiger partial charge in [-0.2, -0.15) is 0 Å². The van der Waals surface area contributed by atoms with Gasteiger partial charge in [-0.25, -0.2) is 0 Å². The molecule has 1 heterocycles. The molecule has 1 N–H and O–H groups in total. The Balaban J connectivity index is 2.76. The number of aliphatic carboxylic acids is 1. The summed E-state index contributed by atoms with van der Waals surface area (Å²) in [5, 5.41) is 17.6. The molecule has 20 heavy (non-hydrogen) atoms. The Labute approximate surface area is 123 Å². The maximum absolute atomic E-state index is 10.7. The summed E-state index contributed by atoms with van der Waals surface area (Å²) < 4.78 is 7.29. The first-order valence-electron chi connectivity index (χ1n) is 6.66. The highest BCUT2D eigenvalue weighted by Gasteiger charge is 2.16. The van der Waals surface area contributed by atoms with Gasteiger partial charge in [-0.15, -0.1) is 10.2 Å². The van der Waals surface area contributed by atoms with Crippen molar-refractivity contribution in [2.75, 3.05) is 37.5 Å². The van der Waals surface area contributed by atoms with E-state index in [1.165, 1.54) is 11.8 Å². The number of carboxylic acids is 1. The van der Waals surface area contributed by atoms with Gasteiger partial charge in [0.15, 0.2) is 5.16 Å². The average molecular weight is 302 g/mol. The summed E-state index contributed by atoms with van der Waals surface area (Å²) >= 11 is 1.19. The summed E-state index contributed by atoms with van der Waals surface area (Å²) in [7, 11) is 1.93. The van der Waals surface area contributed by atoms with Crippen molar-refractivity contribution in [3.63, 3.8) is 0 Å². The van der Waals surface area contributed by atoms with E-state index in [0.29, 0.717) is 18.4 Å². The van der Waals surface area contributed by atoms with Gasteiger partial charge in [-0.3, -0.25) is 9.36 Å². The van der Waals surface area contributed by atoms with Gasteiger partial charge in [0.25, 0.3) is 0 Å². The third-order valence-electron chi connectivity index (χ3n) is 2.59. The molecule has 7 nitrogen and oxygen atoms in total. The summed E-state index contributed by atoms with van der Waals surface area (Å²) in [6, 6.07) is 0. The van der Waals surface area contributed by atoms with Crippen LogP contribution in [0.2, 0.25) is 0 Å². The molecule has 0 saturated carbocycles. The lowest BCUT2D eigenvalue weighted by Crippen LogP contribution is -2.26. The van der Waals surface area contributed by atoms with E-state index in [1.54, 1.807) is 0 Å². The number of ether oxygens (including phenoxy) is 1. The Morgan fingerprint density at radius 3 is 2.80 bits per heavy atom. The number of likely N-dealkylation sites (N-methyl/N-ethyl adjacent to an activating group) is 1. The predicted molar refractivity (Wildman–Crippen MR) is 78.4 cm³/mol. The van der Waals surface area contributed by atoms with E-state index in [2.05, 4.69) is 17.1 Å². The van der Waals surface area contributed by atoms with Crippen LogP contribution >= 0.6 is 11.8 Å². The van der Waals surface area contributed by atoms with Crippen LogP contribution in [-0.2, 0) is 16.1 Å². The zero-order valence-corrected chi connectivity index (χ0v) is 13.0. The first-order chi connectivity index (χ1) is 9.60. The number of rotatable bonds is 10.